The van der Waals surface area contributed by atoms with Gasteiger partial charge < -0.3 is 20.3 Å². The molecule has 0 aliphatic heterocycles. The molecule has 1 amide bonds. The van der Waals surface area contributed by atoms with Crippen molar-refractivity contribution in [1.82, 2.24) is 5.32 Å². The van der Waals surface area contributed by atoms with Crippen molar-refractivity contribution in [2.45, 2.75) is 366 Å². The molecule has 0 aliphatic rings. The monoisotopic (exact) mass is 1000 g/mol. The lowest BCUT2D eigenvalue weighted by Crippen LogP contribution is -2.45. The number of ether oxygens (including phenoxy) is 1. The summed E-state index contributed by atoms with van der Waals surface area (Å²) in [7, 11) is 0. The third-order valence-electron chi connectivity index (χ3n) is 15.0. The topological polar surface area (TPSA) is 95.9 Å². The fraction of sp³-hybridized carbons (Fsp3) is 0.908. The maximum atomic E-state index is 12.5. The lowest BCUT2D eigenvalue weighted by atomic mass is 10.0. The highest BCUT2D eigenvalue weighted by molar-refractivity contribution is 5.76. The van der Waals surface area contributed by atoms with Gasteiger partial charge in [-0.15, -0.1) is 0 Å². The van der Waals surface area contributed by atoms with E-state index in [0.717, 1.165) is 44.9 Å². The Morgan fingerprint density at radius 1 is 0.380 bits per heavy atom. The zero-order valence-corrected chi connectivity index (χ0v) is 48.0. The number of amides is 1. The Kier molecular flexibility index (Phi) is 59.5. The second-order valence-electron chi connectivity index (χ2n) is 22.1. The molecule has 0 saturated carbocycles. The van der Waals surface area contributed by atoms with Crippen LogP contribution in [0, 0.1) is 0 Å². The predicted molar refractivity (Wildman–Crippen MR) is 310 cm³/mol. The number of aliphatic hydroxyl groups is 2. The first-order chi connectivity index (χ1) is 35.0. The second-order valence-corrected chi connectivity index (χ2v) is 22.1. The minimum absolute atomic E-state index is 0.000749. The molecule has 0 aromatic rings. The quantitative estimate of drug-likeness (QED) is 0.0320. The number of hydrogen-bond donors (Lipinski definition) is 3. The van der Waals surface area contributed by atoms with Crippen molar-refractivity contribution in [1.29, 1.82) is 0 Å². The molecule has 0 fully saturated rings. The molecular formula is C65H125NO5. The van der Waals surface area contributed by atoms with E-state index in [2.05, 4.69) is 31.3 Å². The van der Waals surface area contributed by atoms with Crippen LogP contribution in [0.1, 0.15) is 354 Å². The number of esters is 1. The Morgan fingerprint density at radius 2 is 0.662 bits per heavy atom. The van der Waals surface area contributed by atoms with Gasteiger partial charge in [-0.05, 0) is 57.8 Å². The fourth-order valence-electron chi connectivity index (χ4n) is 10.0. The number of carbonyl (C=O) groups excluding carboxylic acids is 2. The Hall–Kier alpha value is -1.66. The van der Waals surface area contributed by atoms with Crippen LogP contribution >= 0.6 is 0 Å². The van der Waals surface area contributed by atoms with Crippen LogP contribution in [0.4, 0.5) is 0 Å². The van der Waals surface area contributed by atoms with Crippen molar-refractivity contribution >= 4 is 11.9 Å². The summed E-state index contributed by atoms with van der Waals surface area (Å²) in [6.45, 7) is 4.91. The lowest BCUT2D eigenvalue weighted by molar-refractivity contribution is -0.143. The van der Waals surface area contributed by atoms with Gasteiger partial charge in [0, 0.05) is 12.8 Å². The molecule has 0 saturated heterocycles. The molecule has 0 heterocycles. The molecule has 0 aliphatic carbocycles. The zero-order chi connectivity index (χ0) is 51.4. The average Bonchev–Trinajstić information content (AvgIpc) is 3.37. The third kappa shape index (κ3) is 57.5. The number of hydrogen-bond acceptors (Lipinski definition) is 5. The highest BCUT2D eigenvalue weighted by Gasteiger charge is 2.18. The maximum absolute atomic E-state index is 12.5. The van der Waals surface area contributed by atoms with E-state index in [4.69, 9.17) is 4.74 Å². The Bertz CT molecular complexity index is 1110. The molecule has 0 radical (unpaired) electrons. The van der Waals surface area contributed by atoms with E-state index in [0.29, 0.717) is 19.4 Å². The lowest BCUT2D eigenvalue weighted by Gasteiger charge is -2.20. The second kappa shape index (κ2) is 60.9. The Morgan fingerprint density at radius 3 is 1.00 bits per heavy atom. The van der Waals surface area contributed by atoms with Crippen molar-refractivity contribution in [3.8, 4) is 0 Å². The summed E-state index contributed by atoms with van der Waals surface area (Å²) in [5, 5.41) is 23.2. The number of unbranched alkanes of at least 4 members (excludes halogenated alkanes) is 47. The van der Waals surface area contributed by atoms with Crippen LogP contribution in [-0.2, 0) is 14.3 Å². The molecule has 0 aromatic heterocycles. The summed E-state index contributed by atoms with van der Waals surface area (Å²) in [5.74, 6) is -0.0695. The van der Waals surface area contributed by atoms with E-state index in [1.807, 2.05) is 6.08 Å². The van der Waals surface area contributed by atoms with Gasteiger partial charge in [-0.2, -0.15) is 0 Å². The van der Waals surface area contributed by atoms with Gasteiger partial charge in [-0.3, -0.25) is 9.59 Å². The number of carbonyl (C=O) groups is 2. The molecule has 2 unspecified atom stereocenters. The van der Waals surface area contributed by atoms with Gasteiger partial charge in [-0.1, -0.05) is 308 Å². The van der Waals surface area contributed by atoms with Gasteiger partial charge in [0.25, 0.3) is 0 Å². The van der Waals surface area contributed by atoms with E-state index in [-0.39, 0.29) is 18.5 Å². The van der Waals surface area contributed by atoms with Crippen LogP contribution in [0.3, 0.4) is 0 Å². The fourth-order valence-corrected chi connectivity index (χ4v) is 10.0. The molecule has 6 nitrogen and oxygen atoms in total. The first-order valence-corrected chi connectivity index (χ1v) is 32.1. The molecular weight excluding hydrogens is 875 g/mol. The SMILES string of the molecule is CCCCCCCC/C=C\CCCCCCCC(=O)OCCCCCCCCCCCCCCCCCCCCC(=O)NC(CO)C(O)/C=C/CCCCCCCCCCCCCCCCCCCCC. The van der Waals surface area contributed by atoms with Gasteiger partial charge in [-0.25, -0.2) is 0 Å². The maximum Gasteiger partial charge on any atom is 0.305 e. The molecule has 2 atom stereocenters. The van der Waals surface area contributed by atoms with Gasteiger partial charge >= 0.3 is 5.97 Å². The van der Waals surface area contributed by atoms with Crippen LogP contribution < -0.4 is 5.32 Å². The van der Waals surface area contributed by atoms with E-state index in [9.17, 15) is 19.8 Å². The molecule has 0 spiro atoms. The number of rotatable bonds is 60. The molecule has 71 heavy (non-hydrogen) atoms. The van der Waals surface area contributed by atoms with Gasteiger partial charge in [0.1, 0.15) is 0 Å². The highest BCUT2D eigenvalue weighted by Crippen LogP contribution is 2.18. The van der Waals surface area contributed by atoms with E-state index < -0.39 is 12.1 Å². The van der Waals surface area contributed by atoms with Crippen molar-refractivity contribution in [3.05, 3.63) is 24.3 Å². The summed E-state index contributed by atoms with van der Waals surface area (Å²) in [4.78, 5) is 24.6. The van der Waals surface area contributed by atoms with Gasteiger partial charge in [0.15, 0.2) is 0 Å². The van der Waals surface area contributed by atoms with E-state index in [1.54, 1.807) is 6.08 Å². The summed E-state index contributed by atoms with van der Waals surface area (Å²) in [6, 6.07) is -0.632. The normalized spacial score (nSPS) is 12.7. The van der Waals surface area contributed by atoms with Crippen molar-refractivity contribution in [2.75, 3.05) is 13.2 Å². The molecule has 0 bridgehead atoms. The van der Waals surface area contributed by atoms with E-state index >= 15 is 0 Å². The molecule has 0 aromatic carbocycles. The molecule has 420 valence electrons. The summed E-state index contributed by atoms with van der Waals surface area (Å²) in [5.41, 5.74) is 0. The summed E-state index contributed by atoms with van der Waals surface area (Å²) in [6.07, 6.45) is 75.0. The minimum Gasteiger partial charge on any atom is -0.466 e. The molecule has 0 rings (SSSR count). The van der Waals surface area contributed by atoms with Crippen LogP contribution in [-0.4, -0.2) is 47.4 Å². The van der Waals surface area contributed by atoms with Crippen molar-refractivity contribution in [2.24, 2.45) is 0 Å². The minimum atomic E-state index is -0.848. The molecule has 3 N–H and O–H groups in total. The standard InChI is InChI=1S/C65H125NO5/c1-3-5-7-9-11-13-15-17-19-20-21-22-23-26-30-33-37-41-45-49-53-57-63(68)62(61-67)66-64(69)58-54-50-46-42-38-34-31-27-24-25-28-32-36-40-44-48-52-56-60-71-65(70)59-55-51-47-43-39-35-29-18-16-14-12-10-8-6-4-2/h18,29,53,57,62-63,67-68H,3-17,19-28,30-52,54-56,58-61H2,1-2H3,(H,66,69)/b29-18-,57-53+. The van der Waals surface area contributed by atoms with Crippen molar-refractivity contribution < 1.29 is 24.5 Å². The largest absolute Gasteiger partial charge is 0.466 e. The van der Waals surface area contributed by atoms with Crippen LogP contribution in [0.25, 0.3) is 0 Å². The Balaban J connectivity index is 3.44. The number of allylic oxidation sites excluding steroid dienone is 3. The summed E-state index contributed by atoms with van der Waals surface area (Å²) >= 11 is 0. The van der Waals surface area contributed by atoms with Crippen LogP contribution in [0.2, 0.25) is 0 Å². The zero-order valence-electron chi connectivity index (χ0n) is 48.0. The van der Waals surface area contributed by atoms with Crippen LogP contribution in [0.5, 0.6) is 0 Å². The van der Waals surface area contributed by atoms with Gasteiger partial charge in [0.2, 0.25) is 5.91 Å². The first kappa shape index (κ1) is 69.3. The predicted octanol–water partition coefficient (Wildman–Crippen LogP) is 20.2. The third-order valence-corrected chi connectivity index (χ3v) is 15.0. The molecule has 6 heteroatoms. The van der Waals surface area contributed by atoms with Crippen LogP contribution in [0.15, 0.2) is 24.3 Å². The first-order valence-electron chi connectivity index (χ1n) is 32.1. The van der Waals surface area contributed by atoms with Crippen molar-refractivity contribution in [3.63, 3.8) is 0 Å². The number of aliphatic hydroxyl groups excluding tert-OH is 2. The van der Waals surface area contributed by atoms with E-state index in [1.165, 1.54) is 283 Å². The smallest absolute Gasteiger partial charge is 0.305 e. The average molecular weight is 1000 g/mol. The summed E-state index contributed by atoms with van der Waals surface area (Å²) < 4.78 is 5.48. The number of nitrogens with one attached hydrogen (secondary N) is 1. The Labute approximate surface area is 443 Å². The highest BCUT2D eigenvalue weighted by atomic mass is 16.5. The van der Waals surface area contributed by atoms with Gasteiger partial charge in [0.05, 0.1) is 25.4 Å².